The van der Waals surface area contributed by atoms with Crippen molar-refractivity contribution < 1.29 is 9.15 Å². The molecule has 0 aliphatic heterocycles. The van der Waals surface area contributed by atoms with Gasteiger partial charge >= 0.3 is 0 Å². The van der Waals surface area contributed by atoms with Crippen LogP contribution in [-0.2, 0) is 0 Å². The third-order valence-corrected chi connectivity index (χ3v) is 3.03. The average molecular weight is 267 g/mol. The summed E-state index contributed by atoms with van der Waals surface area (Å²) in [6.07, 6.45) is 0. The first-order valence-electron chi connectivity index (χ1n) is 5.51. The van der Waals surface area contributed by atoms with Gasteiger partial charge in [0.15, 0.2) is 0 Å². The van der Waals surface area contributed by atoms with Gasteiger partial charge in [0.1, 0.15) is 23.3 Å². The third-order valence-electron chi connectivity index (χ3n) is 2.72. The number of benzene rings is 1. The van der Waals surface area contributed by atoms with Gasteiger partial charge in [0, 0.05) is 0 Å². The molecule has 4 nitrogen and oxygen atoms in total. The number of nitrogens with two attached hydrogens (primary N) is 1. The Kier molecular flexibility index (Phi) is 3.91. The molecular weight excluding hydrogens is 252 g/mol. The van der Waals surface area contributed by atoms with Crippen molar-refractivity contribution in [1.29, 1.82) is 0 Å². The zero-order chi connectivity index (χ0) is 13.1. The van der Waals surface area contributed by atoms with Gasteiger partial charge in [0.05, 0.1) is 12.1 Å². The van der Waals surface area contributed by atoms with E-state index in [-0.39, 0.29) is 6.04 Å². The molecule has 18 heavy (non-hydrogen) atoms. The molecule has 1 aromatic heterocycles. The van der Waals surface area contributed by atoms with Crippen molar-refractivity contribution in [3.05, 3.63) is 52.4 Å². The first-order valence-corrected chi connectivity index (χ1v) is 5.89. The van der Waals surface area contributed by atoms with Crippen molar-refractivity contribution in [1.82, 2.24) is 5.43 Å². The summed E-state index contributed by atoms with van der Waals surface area (Å²) in [7, 11) is 1.58. The molecule has 0 fully saturated rings. The number of nitrogens with one attached hydrogen (secondary N) is 1. The van der Waals surface area contributed by atoms with Crippen LogP contribution in [0.4, 0.5) is 0 Å². The van der Waals surface area contributed by atoms with Crippen LogP contribution in [0.15, 0.2) is 34.7 Å². The molecular formula is C13H15ClN2O2. The second-order valence-corrected chi connectivity index (χ2v) is 4.35. The number of furan rings is 1. The molecule has 2 rings (SSSR count). The van der Waals surface area contributed by atoms with Crippen molar-refractivity contribution in [3.63, 3.8) is 0 Å². The molecule has 0 saturated carbocycles. The van der Waals surface area contributed by atoms with E-state index in [1.54, 1.807) is 13.2 Å². The number of halogens is 1. The topological polar surface area (TPSA) is 60.4 Å². The monoisotopic (exact) mass is 266 g/mol. The van der Waals surface area contributed by atoms with E-state index in [0.717, 1.165) is 17.1 Å². The van der Waals surface area contributed by atoms with Gasteiger partial charge in [0.2, 0.25) is 0 Å². The summed E-state index contributed by atoms with van der Waals surface area (Å²) < 4.78 is 10.8. The molecule has 1 unspecified atom stereocenters. The van der Waals surface area contributed by atoms with Crippen molar-refractivity contribution in [2.75, 3.05) is 7.11 Å². The van der Waals surface area contributed by atoms with Gasteiger partial charge < -0.3 is 9.15 Å². The van der Waals surface area contributed by atoms with E-state index in [1.807, 2.05) is 31.2 Å². The fourth-order valence-electron chi connectivity index (χ4n) is 1.81. The van der Waals surface area contributed by atoms with E-state index in [2.05, 4.69) is 5.43 Å². The predicted molar refractivity (Wildman–Crippen MR) is 70.6 cm³/mol. The molecule has 0 radical (unpaired) electrons. The molecule has 2 aromatic rings. The fourth-order valence-corrected chi connectivity index (χ4v) is 2.00. The highest BCUT2D eigenvalue weighted by Gasteiger charge is 2.17. The molecule has 1 aromatic carbocycles. The highest BCUT2D eigenvalue weighted by atomic mass is 35.5. The number of hydrazine groups is 1. The predicted octanol–water partition coefficient (Wildman–Crippen LogP) is 2.80. The van der Waals surface area contributed by atoms with Crippen LogP contribution >= 0.6 is 11.6 Å². The Morgan fingerprint density at radius 1 is 1.33 bits per heavy atom. The lowest BCUT2D eigenvalue weighted by Gasteiger charge is -2.15. The Morgan fingerprint density at radius 3 is 2.67 bits per heavy atom. The van der Waals surface area contributed by atoms with Gasteiger partial charge in [-0.05, 0) is 36.8 Å². The second kappa shape index (κ2) is 5.44. The molecule has 3 N–H and O–H groups in total. The number of ether oxygens (including phenoxy) is 1. The van der Waals surface area contributed by atoms with E-state index in [9.17, 15) is 0 Å². The minimum absolute atomic E-state index is 0.232. The fraction of sp³-hybridized carbons (Fsp3) is 0.231. The summed E-state index contributed by atoms with van der Waals surface area (Å²) in [6.45, 7) is 1.89. The normalized spacial score (nSPS) is 12.4. The van der Waals surface area contributed by atoms with Gasteiger partial charge in [-0.2, -0.15) is 0 Å². The minimum atomic E-state index is -0.232. The van der Waals surface area contributed by atoms with Crippen molar-refractivity contribution >= 4 is 11.6 Å². The zero-order valence-corrected chi connectivity index (χ0v) is 11.0. The van der Waals surface area contributed by atoms with Gasteiger partial charge in [-0.25, -0.2) is 5.43 Å². The van der Waals surface area contributed by atoms with Gasteiger partial charge in [-0.1, -0.05) is 17.7 Å². The lowest BCUT2D eigenvalue weighted by Crippen LogP contribution is -2.28. The van der Waals surface area contributed by atoms with Crippen LogP contribution in [0.1, 0.15) is 23.1 Å². The van der Waals surface area contributed by atoms with E-state index in [4.69, 9.17) is 26.6 Å². The highest BCUT2D eigenvalue weighted by molar-refractivity contribution is 6.32. The van der Waals surface area contributed by atoms with Gasteiger partial charge in [0.25, 0.3) is 0 Å². The van der Waals surface area contributed by atoms with E-state index in [1.165, 1.54) is 0 Å². The van der Waals surface area contributed by atoms with Crippen LogP contribution in [0.3, 0.4) is 0 Å². The first kappa shape index (κ1) is 13.0. The third kappa shape index (κ3) is 2.51. The number of rotatable bonds is 4. The highest BCUT2D eigenvalue weighted by Crippen LogP contribution is 2.30. The second-order valence-electron chi connectivity index (χ2n) is 3.94. The van der Waals surface area contributed by atoms with Crippen molar-refractivity contribution in [3.8, 4) is 5.75 Å². The standard InChI is InChI=1S/C13H15ClN2O2/c1-8-3-6-11(18-8)13(16-15)9-4-5-10(14)12(7-9)17-2/h3-7,13,16H,15H2,1-2H3. The quantitative estimate of drug-likeness (QED) is 0.660. The van der Waals surface area contributed by atoms with Crippen LogP contribution < -0.4 is 16.0 Å². The summed E-state index contributed by atoms with van der Waals surface area (Å²) in [5.74, 6) is 7.79. The van der Waals surface area contributed by atoms with Crippen LogP contribution in [0.5, 0.6) is 5.75 Å². The molecule has 1 heterocycles. The summed E-state index contributed by atoms with van der Waals surface area (Å²) >= 11 is 5.99. The Morgan fingerprint density at radius 2 is 2.11 bits per heavy atom. The number of methoxy groups -OCH3 is 1. The van der Waals surface area contributed by atoms with E-state index < -0.39 is 0 Å². The molecule has 5 heteroatoms. The number of hydrogen-bond donors (Lipinski definition) is 2. The SMILES string of the molecule is COc1cc(C(NN)c2ccc(C)o2)ccc1Cl. The Bertz CT molecular complexity index is 540. The Hall–Kier alpha value is -1.49. The maximum atomic E-state index is 5.99. The smallest absolute Gasteiger partial charge is 0.137 e. The van der Waals surface area contributed by atoms with Crippen LogP contribution in [0.25, 0.3) is 0 Å². The van der Waals surface area contributed by atoms with E-state index >= 15 is 0 Å². The maximum absolute atomic E-state index is 5.99. The lowest BCUT2D eigenvalue weighted by atomic mass is 10.1. The van der Waals surface area contributed by atoms with Crippen LogP contribution in [0.2, 0.25) is 5.02 Å². The largest absolute Gasteiger partial charge is 0.495 e. The molecule has 0 saturated heterocycles. The minimum Gasteiger partial charge on any atom is -0.495 e. The number of hydrogen-bond acceptors (Lipinski definition) is 4. The van der Waals surface area contributed by atoms with Gasteiger partial charge in [-0.15, -0.1) is 0 Å². The average Bonchev–Trinajstić information content (AvgIpc) is 2.79. The molecule has 0 bridgehead atoms. The summed E-state index contributed by atoms with van der Waals surface area (Å²) in [5, 5.41) is 0.563. The first-order chi connectivity index (χ1) is 8.65. The Balaban J connectivity index is 2.38. The zero-order valence-electron chi connectivity index (χ0n) is 10.2. The lowest BCUT2D eigenvalue weighted by molar-refractivity contribution is 0.410. The van der Waals surface area contributed by atoms with Crippen molar-refractivity contribution in [2.24, 2.45) is 5.84 Å². The van der Waals surface area contributed by atoms with Crippen LogP contribution in [0, 0.1) is 6.92 Å². The summed E-state index contributed by atoms with van der Waals surface area (Å²) in [5.41, 5.74) is 3.65. The van der Waals surface area contributed by atoms with E-state index in [0.29, 0.717) is 10.8 Å². The van der Waals surface area contributed by atoms with Gasteiger partial charge in [-0.3, -0.25) is 5.84 Å². The van der Waals surface area contributed by atoms with Crippen molar-refractivity contribution in [2.45, 2.75) is 13.0 Å². The van der Waals surface area contributed by atoms with Crippen LogP contribution in [-0.4, -0.2) is 7.11 Å². The molecule has 0 aliphatic carbocycles. The number of aryl methyl sites for hydroxylation is 1. The molecule has 0 aliphatic rings. The summed E-state index contributed by atoms with van der Waals surface area (Å²) in [6, 6.07) is 9.05. The molecule has 0 amide bonds. The maximum Gasteiger partial charge on any atom is 0.137 e. The summed E-state index contributed by atoms with van der Waals surface area (Å²) in [4.78, 5) is 0. The molecule has 1 atom stereocenters. The Labute approximate surface area is 111 Å². The molecule has 0 spiro atoms. The molecule has 96 valence electrons.